The number of benzene rings is 3. The fourth-order valence-corrected chi connectivity index (χ4v) is 5.80. The molecule has 214 valence electrons. The van der Waals surface area contributed by atoms with Gasteiger partial charge in [0.1, 0.15) is 5.69 Å². The highest BCUT2D eigenvalue weighted by molar-refractivity contribution is 6.10. The Kier molecular flexibility index (Phi) is 8.57. The molecule has 0 radical (unpaired) electrons. The fourth-order valence-electron chi connectivity index (χ4n) is 5.80. The summed E-state index contributed by atoms with van der Waals surface area (Å²) in [6.45, 7) is 4.87. The number of hydrogen-bond acceptors (Lipinski definition) is 4. The highest BCUT2D eigenvalue weighted by Gasteiger charge is 2.33. The molecule has 0 unspecified atom stereocenters. The van der Waals surface area contributed by atoms with Crippen LogP contribution in [0.4, 0.5) is 0 Å². The van der Waals surface area contributed by atoms with Crippen LogP contribution in [-0.4, -0.2) is 70.2 Å². The van der Waals surface area contributed by atoms with Gasteiger partial charge in [-0.25, -0.2) is 0 Å². The minimum atomic E-state index is -0.398. The molecule has 0 spiro atoms. The van der Waals surface area contributed by atoms with E-state index in [0.29, 0.717) is 31.8 Å². The summed E-state index contributed by atoms with van der Waals surface area (Å²) in [6, 6.07) is 25.4. The molecular weight excluding hydrogens is 514 g/mol. The number of likely N-dealkylation sites (N-methyl/N-ethyl adjacent to an activating group) is 1. The molecule has 3 aromatic carbocycles. The van der Waals surface area contributed by atoms with Crippen molar-refractivity contribution in [2.75, 3.05) is 26.7 Å². The zero-order chi connectivity index (χ0) is 29.1. The smallest absolute Gasteiger partial charge is 0.271 e. The largest absolute Gasteiger partial charge is 0.394 e. The summed E-state index contributed by atoms with van der Waals surface area (Å²) in [6.07, 6.45) is -0.0116. The van der Waals surface area contributed by atoms with Gasteiger partial charge in [0.15, 0.2) is 0 Å². The minimum absolute atomic E-state index is 0.0113. The van der Waals surface area contributed by atoms with E-state index in [1.165, 1.54) is 0 Å². The number of aliphatic hydroxyl groups is 1. The molecule has 0 saturated carbocycles. The van der Waals surface area contributed by atoms with Crippen molar-refractivity contribution in [1.29, 1.82) is 0 Å². The van der Waals surface area contributed by atoms with Crippen molar-refractivity contribution >= 4 is 22.7 Å². The van der Waals surface area contributed by atoms with E-state index >= 15 is 0 Å². The van der Waals surface area contributed by atoms with Gasteiger partial charge in [-0.1, -0.05) is 79.7 Å². The van der Waals surface area contributed by atoms with E-state index in [4.69, 9.17) is 4.74 Å². The van der Waals surface area contributed by atoms with Gasteiger partial charge >= 0.3 is 0 Å². The van der Waals surface area contributed by atoms with Crippen LogP contribution in [0.15, 0.2) is 78.9 Å². The molecule has 2 heterocycles. The molecule has 1 N–H and O–H groups in total. The Hall–Kier alpha value is -3.94. The van der Waals surface area contributed by atoms with Crippen LogP contribution in [0.25, 0.3) is 22.0 Å². The Bertz CT molecular complexity index is 1530. The number of aryl methyl sites for hydroxylation is 1. The van der Waals surface area contributed by atoms with Crippen molar-refractivity contribution in [3.8, 4) is 11.1 Å². The lowest BCUT2D eigenvalue weighted by Gasteiger charge is -2.35. The van der Waals surface area contributed by atoms with Gasteiger partial charge in [-0.2, -0.15) is 0 Å². The van der Waals surface area contributed by atoms with Crippen molar-refractivity contribution in [2.24, 2.45) is 13.0 Å². The van der Waals surface area contributed by atoms with Crippen molar-refractivity contribution < 1.29 is 19.4 Å². The molecule has 0 saturated heterocycles. The molecule has 0 bridgehead atoms. The molecule has 2 amide bonds. The van der Waals surface area contributed by atoms with Crippen LogP contribution < -0.4 is 0 Å². The second-order valence-electron chi connectivity index (χ2n) is 11.2. The van der Waals surface area contributed by atoms with Gasteiger partial charge in [-0.15, -0.1) is 0 Å². The number of para-hydroxylation sites is 1. The maximum absolute atomic E-state index is 14.4. The molecule has 41 heavy (non-hydrogen) atoms. The summed E-state index contributed by atoms with van der Waals surface area (Å²) >= 11 is 0. The highest BCUT2D eigenvalue weighted by atomic mass is 16.5. The van der Waals surface area contributed by atoms with Gasteiger partial charge in [-0.05, 0) is 29.7 Å². The third kappa shape index (κ3) is 5.78. The second-order valence-corrected chi connectivity index (χ2v) is 11.2. The van der Waals surface area contributed by atoms with Gasteiger partial charge < -0.3 is 24.2 Å². The van der Waals surface area contributed by atoms with Gasteiger partial charge in [0.25, 0.3) is 5.91 Å². The van der Waals surface area contributed by atoms with E-state index < -0.39 is 6.04 Å². The van der Waals surface area contributed by atoms with Crippen LogP contribution >= 0.6 is 0 Å². The van der Waals surface area contributed by atoms with Crippen LogP contribution in [0.2, 0.25) is 0 Å². The summed E-state index contributed by atoms with van der Waals surface area (Å²) in [7, 11) is 3.74. The summed E-state index contributed by atoms with van der Waals surface area (Å²) in [5.41, 5.74) is 5.35. The minimum Gasteiger partial charge on any atom is -0.394 e. The number of aliphatic hydroxyl groups excluding tert-OH is 1. The Morgan fingerprint density at radius 2 is 1.73 bits per heavy atom. The van der Waals surface area contributed by atoms with Crippen LogP contribution in [0.3, 0.4) is 0 Å². The Morgan fingerprint density at radius 3 is 2.49 bits per heavy atom. The molecule has 7 nitrogen and oxygen atoms in total. The van der Waals surface area contributed by atoms with Gasteiger partial charge in [0, 0.05) is 49.6 Å². The van der Waals surface area contributed by atoms with Crippen LogP contribution in [-0.2, 0) is 29.6 Å². The molecule has 0 fully saturated rings. The fraction of sp³-hybridized carbons (Fsp3) is 0.353. The third-order valence-electron chi connectivity index (χ3n) is 8.30. The van der Waals surface area contributed by atoms with E-state index in [9.17, 15) is 14.7 Å². The second kappa shape index (κ2) is 12.3. The molecule has 7 heteroatoms. The average Bonchev–Trinajstić information content (AvgIpc) is 3.28. The Labute approximate surface area is 242 Å². The quantitative estimate of drug-likeness (QED) is 0.369. The predicted molar refractivity (Wildman–Crippen MR) is 161 cm³/mol. The van der Waals surface area contributed by atoms with Gasteiger partial charge in [-0.3, -0.25) is 9.59 Å². The average molecular weight is 554 g/mol. The number of nitrogens with zero attached hydrogens (tertiary/aromatic N) is 3. The van der Waals surface area contributed by atoms with Crippen molar-refractivity contribution in [2.45, 2.75) is 39.0 Å². The van der Waals surface area contributed by atoms with Crippen LogP contribution in [0, 0.1) is 5.92 Å². The number of rotatable bonds is 6. The van der Waals surface area contributed by atoms with E-state index in [-0.39, 0.29) is 30.4 Å². The molecule has 1 aromatic heterocycles. The van der Waals surface area contributed by atoms with E-state index in [1.54, 1.807) is 9.80 Å². The Morgan fingerprint density at radius 1 is 1.05 bits per heavy atom. The first-order valence-electron chi connectivity index (χ1n) is 14.3. The summed E-state index contributed by atoms with van der Waals surface area (Å²) in [5, 5.41) is 11.2. The molecule has 4 aromatic rings. The lowest BCUT2D eigenvalue weighted by molar-refractivity contribution is -0.132. The van der Waals surface area contributed by atoms with E-state index in [2.05, 4.69) is 13.0 Å². The first-order valence-corrected chi connectivity index (χ1v) is 14.3. The zero-order valence-electron chi connectivity index (χ0n) is 24.3. The number of carbonyl (C=O) groups is 2. The van der Waals surface area contributed by atoms with Gasteiger partial charge in [0.05, 0.1) is 31.8 Å². The molecule has 3 atom stereocenters. The van der Waals surface area contributed by atoms with Crippen molar-refractivity contribution in [3.05, 3.63) is 95.7 Å². The number of fused-ring (bicyclic) bond motifs is 5. The Balaban J connectivity index is 1.55. The topological polar surface area (TPSA) is 75.0 Å². The van der Waals surface area contributed by atoms with Crippen molar-refractivity contribution in [1.82, 2.24) is 14.4 Å². The number of ether oxygens (including phenoxy) is 1. The lowest BCUT2D eigenvalue weighted by atomic mass is 9.96. The molecular formula is C34H39N3O4. The zero-order valence-corrected chi connectivity index (χ0v) is 24.3. The molecule has 1 aliphatic heterocycles. The van der Waals surface area contributed by atoms with E-state index in [1.807, 2.05) is 98.4 Å². The molecule has 0 aliphatic carbocycles. The SMILES string of the molecule is C[C@@H]1CN([C@H](C)CO)C(=O)c2c(c3ccccc3n2C)-c2ccccc2CO[C@H]1CN(C)C(=O)Cc1ccccc1. The standard InChI is InChI=1S/C34H39N3O4/c1-23-19-37(24(2)21-38)34(40)33-32(28-16-10-11-17-29(28)36(33)4)27-15-9-8-14-26(27)22-41-30(23)20-35(3)31(39)18-25-12-6-5-7-13-25/h5-17,23-24,30,38H,18-22H2,1-4H3/t23-,24-,30+/m1/s1. The molecule has 1 aliphatic rings. The monoisotopic (exact) mass is 553 g/mol. The predicted octanol–water partition coefficient (Wildman–Crippen LogP) is 4.90. The first-order chi connectivity index (χ1) is 19.8. The van der Waals surface area contributed by atoms with Gasteiger partial charge in [0.2, 0.25) is 5.91 Å². The maximum atomic E-state index is 14.4. The summed E-state index contributed by atoms with van der Waals surface area (Å²) < 4.78 is 8.58. The lowest BCUT2D eigenvalue weighted by Crippen LogP contribution is -2.48. The number of aromatic nitrogens is 1. The van der Waals surface area contributed by atoms with Crippen LogP contribution in [0.1, 0.15) is 35.5 Å². The van der Waals surface area contributed by atoms with Crippen molar-refractivity contribution in [3.63, 3.8) is 0 Å². The number of hydrogen-bond donors (Lipinski definition) is 1. The number of amides is 2. The number of carbonyl (C=O) groups excluding carboxylic acids is 2. The summed E-state index contributed by atoms with van der Waals surface area (Å²) in [4.78, 5) is 31.1. The molecule has 5 rings (SSSR count). The summed E-state index contributed by atoms with van der Waals surface area (Å²) in [5.74, 6) is -0.225. The normalized spacial score (nSPS) is 18.4. The van der Waals surface area contributed by atoms with Crippen LogP contribution in [0.5, 0.6) is 0 Å². The third-order valence-corrected chi connectivity index (χ3v) is 8.30. The van der Waals surface area contributed by atoms with E-state index in [0.717, 1.165) is 33.2 Å². The first kappa shape index (κ1) is 28.6. The highest BCUT2D eigenvalue weighted by Crippen LogP contribution is 2.38. The maximum Gasteiger partial charge on any atom is 0.271 e.